The summed E-state index contributed by atoms with van der Waals surface area (Å²) in [6.45, 7) is 0.970. The number of carbonyl (C=O) groups excluding carboxylic acids is 2. The van der Waals surface area contributed by atoms with Crippen LogP contribution in [0.3, 0.4) is 0 Å². The summed E-state index contributed by atoms with van der Waals surface area (Å²) in [6, 6.07) is 5.56. The smallest absolute Gasteiger partial charge is 0.335 e. The average Bonchev–Trinajstić information content (AvgIpc) is 3.03. The predicted molar refractivity (Wildman–Crippen MR) is 100 cm³/mol. The summed E-state index contributed by atoms with van der Waals surface area (Å²) in [5, 5.41) is 25.4. The van der Waals surface area contributed by atoms with Crippen LogP contribution in [0, 0.1) is 0 Å². The van der Waals surface area contributed by atoms with E-state index in [1.54, 1.807) is 18.0 Å². The largest absolute Gasteiger partial charge is 0.478 e. The molecule has 3 rings (SSSR count). The minimum Gasteiger partial charge on any atom is -0.478 e. The van der Waals surface area contributed by atoms with E-state index in [0.29, 0.717) is 37.3 Å². The number of nitrogens with zero attached hydrogens (tertiary/aromatic N) is 2. The van der Waals surface area contributed by atoms with Crippen LogP contribution in [0.25, 0.3) is 0 Å². The molecule has 3 amide bonds. The highest BCUT2D eigenvalue weighted by Gasteiger charge is 2.28. The van der Waals surface area contributed by atoms with Crippen molar-refractivity contribution in [1.82, 2.24) is 20.7 Å². The van der Waals surface area contributed by atoms with Crippen LogP contribution >= 0.6 is 0 Å². The van der Waals surface area contributed by atoms with Gasteiger partial charge < -0.3 is 30.8 Å². The molecule has 2 heterocycles. The maximum Gasteiger partial charge on any atom is 0.335 e. The second kappa shape index (κ2) is 8.28. The minimum absolute atomic E-state index is 0.130. The Balaban J connectivity index is 1.58. The maximum atomic E-state index is 12.5. The molecule has 0 aromatic heterocycles. The molecule has 0 aliphatic carbocycles. The Bertz CT molecular complexity index is 786. The number of anilines is 1. The van der Waals surface area contributed by atoms with E-state index in [1.807, 2.05) is 0 Å². The number of urea groups is 1. The minimum atomic E-state index is -1.04. The first-order valence-corrected chi connectivity index (χ1v) is 8.93. The van der Waals surface area contributed by atoms with Crippen molar-refractivity contribution in [3.63, 3.8) is 0 Å². The van der Waals surface area contributed by atoms with Crippen molar-refractivity contribution < 1.29 is 24.6 Å². The molecule has 2 aliphatic rings. The van der Waals surface area contributed by atoms with Gasteiger partial charge in [-0.1, -0.05) is 0 Å². The number of aliphatic hydroxyl groups is 1. The van der Waals surface area contributed by atoms with Gasteiger partial charge in [0, 0.05) is 25.8 Å². The van der Waals surface area contributed by atoms with Crippen molar-refractivity contribution in [3.05, 3.63) is 41.6 Å². The molecule has 0 spiro atoms. The van der Waals surface area contributed by atoms with E-state index in [9.17, 15) is 19.5 Å². The molecule has 1 fully saturated rings. The van der Waals surface area contributed by atoms with Gasteiger partial charge in [-0.15, -0.1) is 0 Å². The topological polar surface area (TPSA) is 134 Å². The zero-order chi connectivity index (χ0) is 20.3. The number of aromatic carboxylic acids is 1. The van der Waals surface area contributed by atoms with Crippen molar-refractivity contribution in [2.24, 2.45) is 0 Å². The second-order valence-corrected chi connectivity index (χ2v) is 6.72. The Morgan fingerprint density at radius 2 is 1.79 bits per heavy atom. The molecule has 10 nitrogen and oxygen atoms in total. The van der Waals surface area contributed by atoms with Gasteiger partial charge in [-0.25, -0.2) is 15.0 Å². The van der Waals surface area contributed by atoms with Crippen LogP contribution in [0.4, 0.5) is 10.5 Å². The number of piperidine rings is 1. The second-order valence-electron chi connectivity index (χ2n) is 6.72. The first kappa shape index (κ1) is 19.6. The van der Waals surface area contributed by atoms with E-state index in [0.717, 1.165) is 0 Å². The van der Waals surface area contributed by atoms with Crippen LogP contribution in [0.15, 0.2) is 36.0 Å². The molecule has 1 aromatic rings. The summed E-state index contributed by atoms with van der Waals surface area (Å²) in [5.74, 6) is -1.43. The molecule has 2 aliphatic heterocycles. The highest BCUT2D eigenvalue weighted by Crippen LogP contribution is 2.15. The lowest BCUT2D eigenvalue weighted by molar-refractivity contribution is -0.114. The Labute approximate surface area is 161 Å². The Morgan fingerprint density at radius 1 is 1.14 bits per heavy atom. The number of hydrazine groups is 1. The summed E-state index contributed by atoms with van der Waals surface area (Å²) in [7, 11) is 1.66. The average molecular weight is 389 g/mol. The van der Waals surface area contributed by atoms with Gasteiger partial charge in [0.15, 0.2) is 0 Å². The quantitative estimate of drug-likeness (QED) is 0.495. The van der Waals surface area contributed by atoms with Crippen LogP contribution < -0.4 is 16.1 Å². The van der Waals surface area contributed by atoms with E-state index in [-0.39, 0.29) is 17.7 Å². The number of likely N-dealkylation sites (tertiary alicyclic amines) is 1. The fraction of sp³-hybridized carbons (Fsp3) is 0.389. The van der Waals surface area contributed by atoms with Crippen molar-refractivity contribution in [2.45, 2.75) is 25.1 Å². The molecule has 0 bridgehead atoms. The van der Waals surface area contributed by atoms with Gasteiger partial charge in [0.05, 0.1) is 11.7 Å². The number of rotatable bonds is 4. The van der Waals surface area contributed by atoms with Crippen LogP contribution in [0.5, 0.6) is 0 Å². The standard InChI is InChI=1S/C18H23N5O5/c1-22-14(16(25)19-12-4-2-11(3-5-12)17(26)27)10-15(21-22)20-18(28)23-8-6-13(24)7-9-23/h2-5,10,13,15,21,24H,6-9H2,1H3,(H,19,25)(H,20,28)(H,26,27). The Morgan fingerprint density at radius 3 is 2.39 bits per heavy atom. The number of likely N-dealkylation sites (N-methyl/N-ethyl adjacent to an activating group) is 1. The van der Waals surface area contributed by atoms with Crippen molar-refractivity contribution in [1.29, 1.82) is 0 Å². The molecule has 5 N–H and O–H groups in total. The fourth-order valence-corrected chi connectivity index (χ4v) is 3.07. The number of hydrogen-bond donors (Lipinski definition) is 5. The number of aliphatic hydroxyl groups excluding tert-OH is 1. The zero-order valence-corrected chi connectivity index (χ0v) is 15.4. The number of amides is 3. The molecule has 0 saturated carbocycles. The Hall–Kier alpha value is -3.11. The monoisotopic (exact) mass is 389 g/mol. The van der Waals surface area contributed by atoms with E-state index in [1.165, 1.54) is 29.3 Å². The lowest BCUT2D eigenvalue weighted by Crippen LogP contribution is -2.52. The molecule has 28 heavy (non-hydrogen) atoms. The number of nitrogens with one attached hydrogen (secondary N) is 3. The zero-order valence-electron chi connectivity index (χ0n) is 15.4. The Kier molecular flexibility index (Phi) is 5.81. The maximum absolute atomic E-state index is 12.5. The third-order valence-electron chi connectivity index (χ3n) is 4.67. The van der Waals surface area contributed by atoms with Crippen LogP contribution in [0.1, 0.15) is 23.2 Å². The van der Waals surface area contributed by atoms with Gasteiger partial charge in [-0.05, 0) is 43.2 Å². The summed E-state index contributed by atoms with van der Waals surface area (Å²) in [5.41, 5.74) is 3.88. The van der Waals surface area contributed by atoms with Gasteiger partial charge in [0.25, 0.3) is 5.91 Å². The van der Waals surface area contributed by atoms with Gasteiger partial charge in [-0.3, -0.25) is 4.79 Å². The fourth-order valence-electron chi connectivity index (χ4n) is 3.07. The van der Waals surface area contributed by atoms with Crippen molar-refractivity contribution in [2.75, 3.05) is 25.5 Å². The lowest BCUT2D eigenvalue weighted by Gasteiger charge is -2.30. The highest BCUT2D eigenvalue weighted by molar-refractivity contribution is 6.03. The van der Waals surface area contributed by atoms with Gasteiger partial charge in [-0.2, -0.15) is 0 Å². The summed E-state index contributed by atoms with van der Waals surface area (Å²) >= 11 is 0. The van der Waals surface area contributed by atoms with Gasteiger partial charge >= 0.3 is 12.0 Å². The highest BCUT2D eigenvalue weighted by atomic mass is 16.4. The third-order valence-corrected chi connectivity index (χ3v) is 4.67. The lowest BCUT2D eigenvalue weighted by atomic mass is 10.1. The first-order valence-electron chi connectivity index (χ1n) is 8.93. The molecule has 1 atom stereocenters. The summed E-state index contributed by atoms with van der Waals surface area (Å²) in [4.78, 5) is 37.3. The van der Waals surface area contributed by atoms with E-state index in [4.69, 9.17) is 5.11 Å². The molecule has 1 unspecified atom stereocenters. The number of carboxylic acid groups (broad SMARTS) is 1. The normalized spacial score (nSPS) is 19.9. The van der Waals surface area contributed by atoms with E-state index < -0.39 is 18.0 Å². The van der Waals surface area contributed by atoms with Crippen molar-refractivity contribution in [3.8, 4) is 0 Å². The predicted octanol–water partition coefficient (Wildman–Crippen LogP) is 0.150. The van der Waals surface area contributed by atoms with Crippen molar-refractivity contribution >= 4 is 23.6 Å². The molecule has 1 aromatic carbocycles. The van der Waals surface area contributed by atoms with Gasteiger partial charge in [0.2, 0.25) is 0 Å². The molecule has 0 radical (unpaired) electrons. The number of benzene rings is 1. The number of hydrogen-bond acceptors (Lipinski definition) is 6. The number of carbonyl (C=O) groups is 3. The third kappa shape index (κ3) is 4.59. The molecule has 150 valence electrons. The SMILES string of the molecule is CN1NC(NC(=O)N2CCC(O)CC2)C=C1C(=O)Nc1ccc(C(=O)O)cc1. The van der Waals surface area contributed by atoms with E-state index in [2.05, 4.69) is 16.1 Å². The van der Waals surface area contributed by atoms with Crippen LogP contribution in [-0.4, -0.2) is 70.4 Å². The van der Waals surface area contributed by atoms with E-state index >= 15 is 0 Å². The van der Waals surface area contributed by atoms with Crippen LogP contribution in [-0.2, 0) is 4.79 Å². The molecular formula is C18H23N5O5. The first-order chi connectivity index (χ1) is 13.3. The number of carboxylic acids is 1. The summed E-state index contributed by atoms with van der Waals surface area (Å²) in [6.07, 6.45) is 1.79. The summed E-state index contributed by atoms with van der Waals surface area (Å²) < 4.78 is 0. The van der Waals surface area contributed by atoms with Gasteiger partial charge in [0.1, 0.15) is 11.9 Å². The molecule has 1 saturated heterocycles. The van der Waals surface area contributed by atoms with Crippen LogP contribution in [0.2, 0.25) is 0 Å². The molecular weight excluding hydrogens is 366 g/mol. The molecule has 10 heteroatoms.